The Labute approximate surface area is 211 Å². The van der Waals surface area contributed by atoms with Crippen LogP contribution in [0.1, 0.15) is 27.1 Å². The van der Waals surface area contributed by atoms with E-state index in [0.29, 0.717) is 34.7 Å². The lowest BCUT2D eigenvalue weighted by atomic mass is 10.1. The van der Waals surface area contributed by atoms with Crippen LogP contribution < -0.4 is 15.4 Å². The van der Waals surface area contributed by atoms with Crippen LogP contribution in [0.3, 0.4) is 0 Å². The Bertz CT molecular complexity index is 1500. The van der Waals surface area contributed by atoms with Gasteiger partial charge in [0.1, 0.15) is 29.5 Å². The number of fused-ring (bicyclic) bond motifs is 1. The van der Waals surface area contributed by atoms with E-state index in [2.05, 4.69) is 25.8 Å². The van der Waals surface area contributed by atoms with E-state index in [1.807, 2.05) is 0 Å². The van der Waals surface area contributed by atoms with E-state index in [1.54, 1.807) is 59.5 Å². The van der Waals surface area contributed by atoms with Crippen LogP contribution in [0.5, 0.6) is 5.75 Å². The zero-order valence-corrected chi connectivity index (χ0v) is 19.8. The van der Waals surface area contributed by atoms with Gasteiger partial charge in [-0.25, -0.2) is 9.37 Å². The quantitative estimate of drug-likeness (QED) is 0.383. The van der Waals surface area contributed by atoms with Gasteiger partial charge in [0.15, 0.2) is 6.10 Å². The summed E-state index contributed by atoms with van der Waals surface area (Å²) < 4.78 is 22.2. The number of carbonyl (C=O) groups excluding carboxylic acids is 2. The van der Waals surface area contributed by atoms with Crippen LogP contribution in [-0.2, 0) is 4.84 Å². The first-order chi connectivity index (χ1) is 18.0. The van der Waals surface area contributed by atoms with E-state index in [1.165, 1.54) is 19.2 Å². The van der Waals surface area contributed by atoms with Gasteiger partial charge in [-0.2, -0.15) is 0 Å². The molecule has 11 heteroatoms. The number of pyridine rings is 2. The van der Waals surface area contributed by atoms with Gasteiger partial charge in [0.05, 0.1) is 23.4 Å². The number of hydrogen-bond donors (Lipinski definition) is 2. The van der Waals surface area contributed by atoms with Crippen LogP contribution in [0.15, 0.2) is 72.4 Å². The van der Waals surface area contributed by atoms with Crippen molar-refractivity contribution < 1.29 is 23.6 Å². The maximum Gasteiger partial charge on any atom is 0.253 e. The van der Waals surface area contributed by atoms with Crippen LogP contribution in [0.2, 0.25) is 0 Å². The molecule has 0 spiro atoms. The molecule has 1 aliphatic heterocycles. The smallest absolute Gasteiger partial charge is 0.253 e. The second-order valence-electron chi connectivity index (χ2n) is 8.32. The minimum atomic E-state index is -0.655. The third kappa shape index (κ3) is 5.25. The van der Waals surface area contributed by atoms with Crippen molar-refractivity contribution in [3.05, 3.63) is 84.2 Å². The van der Waals surface area contributed by atoms with Crippen molar-refractivity contribution in [1.82, 2.24) is 25.0 Å². The first-order valence-corrected chi connectivity index (χ1v) is 11.5. The van der Waals surface area contributed by atoms with Gasteiger partial charge in [0, 0.05) is 43.8 Å². The molecule has 5 rings (SSSR count). The van der Waals surface area contributed by atoms with Gasteiger partial charge in [-0.3, -0.25) is 14.6 Å². The molecule has 1 unspecified atom stereocenters. The molecule has 0 saturated carbocycles. The molecule has 188 valence electrons. The fourth-order valence-electron chi connectivity index (χ4n) is 3.91. The number of ether oxygens (including phenoxy) is 1. The predicted octanol–water partition coefficient (Wildman–Crippen LogP) is 2.85. The first kappa shape index (κ1) is 23.9. The highest BCUT2D eigenvalue weighted by molar-refractivity contribution is 5.98. The maximum absolute atomic E-state index is 14.5. The second-order valence-corrected chi connectivity index (χ2v) is 8.32. The topological polar surface area (TPSA) is 119 Å². The summed E-state index contributed by atoms with van der Waals surface area (Å²) in [7, 11) is 1.44. The summed E-state index contributed by atoms with van der Waals surface area (Å²) in [5.74, 6) is -0.952. The summed E-state index contributed by atoms with van der Waals surface area (Å²) in [6.45, 7) is 0.419. The standard InChI is InChI=1S/C26H23FN6O4/c1-28-26(35)20-6-4-16(11-21(20)27)24-22(3-2-8-30-24)36-15-19-12-18(32-37-19)13-31-25(34)17-5-7-23-29-9-10-33(23)14-17/h2-11,14,19H,12-13,15H2,1H3,(H,28,35)(H,31,34). The summed E-state index contributed by atoms with van der Waals surface area (Å²) >= 11 is 0. The van der Waals surface area contributed by atoms with Crippen LogP contribution in [0.25, 0.3) is 16.9 Å². The second kappa shape index (κ2) is 10.4. The van der Waals surface area contributed by atoms with Gasteiger partial charge in [-0.05, 0) is 36.4 Å². The first-order valence-electron chi connectivity index (χ1n) is 11.5. The number of nitrogens with zero attached hydrogens (tertiary/aromatic N) is 4. The zero-order chi connectivity index (χ0) is 25.8. The van der Waals surface area contributed by atoms with E-state index < -0.39 is 11.7 Å². The number of rotatable bonds is 8. The summed E-state index contributed by atoms with van der Waals surface area (Å²) in [5.41, 5.74) is 2.81. The number of amides is 2. The van der Waals surface area contributed by atoms with E-state index in [4.69, 9.17) is 9.57 Å². The molecule has 4 heterocycles. The fourth-order valence-corrected chi connectivity index (χ4v) is 3.91. The molecule has 3 aromatic heterocycles. The Hall–Kier alpha value is -4.80. The molecule has 4 aromatic rings. The Kier molecular flexibility index (Phi) is 6.75. The van der Waals surface area contributed by atoms with Gasteiger partial charge in [-0.1, -0.05) is 11.2 Å². The number of carbonyl (C=O) groups is 2. The number of hydrogen-bond acceptors (Lipinski definition) is 7. The number of halogens is 1. The molecular formula is C26H23FN6O4. The third-order valence-corrected chi connectivity index (χ3v) is 5.81. The molecule has 2 amide bonds. The van der Waals surface area contributed by atoms with Crippen molar-refractivity contribution in [3.63, 3.8) is 0 Å². The molecule has 37 heavy (non-hydrogen) atoms. The summed E-state index contributed by atoms with van der Waals surface area (Å²) in [4.78, 5) is 38.2. The minimum absolute atomic E-state index is 0.0527. The summed E-state index contributed by atoms with van der Waals surface area (Å²) in [6.07, 6.45) is 6.86. The van der Waals surface area contributed by atoms with E-state index >= 15 is 0 Å². The van der Waals surface area contributed by atoms with Crippen molar-refractivity contribution in [2.75, 3.05) is 20.2 Å². The Balaban J connectivity index is 1.16. The molecule has 2 N–H and O–H groups in total. The summed E-state index contributed by atoms with van der Waals surface area (Å²) in [6, 6.07) is 11.2. The normalized spacial score (nSPS) is 14.6. The molecule has 0 bridgehead atoms. The third-order valence-electron chi connectivity index (χ3n) is 5.81. The lowest BCUT2D eigenvalue weighted by Gasteiger charge is -2.14. The Morgan fingerprint density at radius 1 is 1.16 bits per heavy atom. The van der Waals surface area contributed by atoms with Crippen molar-refractivity contribution >= 4 is 23.2 Å². The molecule has 10 nitrogen and oxygen atoms in total. The van der Waals surface area contributed by atoms with Gasteiger partial charge in [0.25, 0.3) is 11.8 Å². The van der Waals surface area contributed by atoms with E-state index in [0.717, 1.165) is 5.65 Å². The van der Waals surface area contributed by atoms with Crippen LogP contribution in [0.4, 0.5) is 4.39 Å². The molecule has 0 fully saturated rings. The average Bonchev–Trinajstić information content (AvgIpc) is 3.59. The molecule has 0 aliphatic carbocycles. The highest BCUT2D eigenvalue weighted by atomic mass is 19.1. The van der Waals surface area contributed by atoms with Crippen LogP contribution in [-0.4, -0.2) is 58.2 Å². The minimum Gasteiger partial charge on any atom is -0.487 e. The number of nitrogens with one attached hydrogen (secondary N) is 2. The van der Waals surface area contributed by atoms with Crippen LogP contribution >= 0.6 is 0 Å². The van der Waals surface area contributed by atoms with Crippen molar-refractivity contribution in [2.45, 2.75) is 12.5 Å². The largest absolute Gasteiger partial charge is 0.487 e. The number of benzene rings is 1. The number of imidazole rings is 1. The Morgan fingerprint density at radius 2 is 2.05 bits per heavy atom. The SMILES string of the molecule is CNC(=O)c1ccc(-c2ncccc2OCC2CC(CNC(=O)c3ccc4nccn4c3)=NO2)cc1F. The zero-order valence-electron chi connectivity index (χ0n) is 19.8. The van der Waals surface area contributed by atoms with Crippen molar-refractivity contribution in [1.29, 1.82) is 0 Å². The fraction of sp³-hybridized carbons (Fsp3) is 0.192. The van der Waals surface area contributed by atoms with Crippen LogP contribution in [0, 0.1) is 5.82 Å². The summed E-state index contributed by atoms with van der Waals surface area (Å²) in [5, 5.41) is 9.32. The Morgan fingerprint density at radius 3 is 2.89 bits per heavy atom. The van der Waals surface area contributed by atoms with Gasteiger partial charge in [-0.15, -0.1) is 0 Å². The highest BCUT2D eigenvalue weighted by Gasteiger charge is 2.23. The van der Waals surface area contributed by atoms with Gasteiger partial charge in [0.2, 0.25) is 0 Å². The maximum atomic E-state index is 14.5. The van der Waals surface area contributed by atoms with E-state index in [-0.39, 0.29) is 30.7 Å². The lowest BCUT2D eigenvalue weighted by molar-refractivity contribution is 0.0471. The molecule has 1 atom stereocenters. The molecular weight excluding hydrogens is 479 g/mol. The van der Waals surface area contributed by atoms with Gasteiger partial charge < -0.3 is 24.6 Å². The molecule has 0 radical (unpaired) electrons. The number of oxime groups is 1. The van der Waals surface area contributed by atoms with E-state index in [9.17, 15) is 14.0 Å². The lowest BCUT2D eigenvalue weighted by Crippen LogP contribution is -2.30. The average molecular weight is 503 g/mol. The van der Waals surface area contributed by atoms with Crippen molar-refractivity contribution in [3.8, 4) is 17.0 Å². The highest BCUT2D eigenvalue weighted by Crippen LogP contribution is 2.29. The van der Waals surface area contributed by atoms with Crippen molar-refractivity contribution in [2.24, 2.45) is 5.16 Å². The molecule has 0 saturated heterocycles. The predicted molar refractivity (Wildman–Crippen MR) is 133 cm³/mol. The molecule has 1 aliphatic rings. The monoisotopic (exact) mass is 502 g/mol. The van der Waals surface area contributed by atoms with Gasteiger partial charge >= 0.3 is 0 Å². The molecule has 1 aromatic carbocycles. The number of aromatic nitrogens is 3.